The lowest BCUT2D eigenvalue weighted by atomic mass is 10.1. The zero-order valence-electron chi connectivity index (χ0n) is 21.3. The van der Waals surface area contributed by atoms with Gasteiger partial charge < -0.3 is 29.4 Å². The van der Waals surface area contributed by atoms with Crippen LogP contribution in [0.4, 0.5) is 4.79 Å². The number of carbonyl (C=O) groups excluding carboxylic acids is 4. The van der Waals surface area contributed by atoms with E-state index in [-0.39, 0.29) is 36.9 Å². The molecule has 0 bridgehead atoms. The molecule has 0 aliphatic carbocycles. The zero-order valence-corrected chi connectivity index (χ0v) is 21.3. The number of rotatable bonds is 13. The maximum absolute atomic E-state index is 12.5. The van der Waals surface area contributed by atoms with Gasteiger partial charge in [-0.3, -0.25) is 14.4 Å². The van der Waals surface area contributed by atoms with E-state index in [4.69, 9.17) is 29.4 Å². The monoisotopic (exact) mass is 495 g/mol. The third kappa shape index (κ3) is 10.8. The number of hydrogen-bond donors (Lipinski definition) is 1. The summed E-state index contributed by atoms with van der Waals surface area (Å²) in [5.41, 5.74) is 6.58. The summed E-state index contributed by atoms with van der Waals surface area (Å²) in [5.74, 6) is -1.54. The molecule has 0 aliphatic heterocycles. The quantitative estimate of drug-likeness (QED) is 0.317. The van der Waals surface area contributed by atoms with Crippen molar-refractivity contribution in [3.63, 3.8) is 0 Å². The van der Waals surface area contributed by atoms with Crippen LogP contribution in [-0.2, 0) is 35.0 Å². The molecule has 0 heterocycles. The number of nitrogens with two attached hydrogens (primary N) is 1. The Balaban J connectivity index is 2.76. The second kappa shape index (κ2) is 15.0. The average molecular weight is 496 g/mol. The topological polar surface area (TPSA) is 140 Å². The fourth-order valence-electron chi connectivity index (χ4n) is 2.84. The second-order valence-corrected chi connectivity index (χ2v) is 8.18. The van der Waals surface area contributed by atoms with Gasteiger partial charge in [0.15, 0.2) is 11.5 Å². The maximum atomic E-state index is 12.5. The van der Waals surface area contributed by atoms with Crippen LogP contribution in [0.5, 0.6) is 11.5 Å². The maximum Gasteiger partial charge on any atom is 0.508 e. The molecule has 0 fully saturated rings. The standard InChI is InChI=1S/C25H37NO9/c1-7-10-15(4)31-25(30)33-17(6)16(5)32-24(29)19(26)13-18-11-12-20(34-22(27)8-2)21(14-18)35-23(28)9-3/h11-12,14-17,19H,7-10,13,26H2,1-6H3/t15?,16-,17-,19-/m0/s1. The van der Waals surface area contributed by atoms with Crippen LogP contribution in [0.2, 0.25) is 0 Å². The molecule has 0 radical (unpaired) electrons. The predicted octanol–water partition coefficient (Wildman–Crippen LogP) is 3.85. The van der Waals surface area contributed by atoms with Crippen molar-refractivity contribution in [1.82, 2.24) is 0 Å². The number of esters is 3. The summed E-state index contributed by atoms with van der Waals surface area (Å²) < 4.78 is 26.1. The number of benzene rings is 1. The Morgan fingerprint density at radius 3 is 1.97 bits per heavy atom. The van der Waals surface area contributed by atoms with E-state index in [9.17, 15) is 19.2 Å². The first-order valence-electron chi connectivity index (χ1n) is 11.9. The van der Waals surface area contributed by atoms with Gasteiger partial charge in [0, 0.05) is 12.8 Å². The van der Waals surface area contributed by atoms with Gasteiger partial charge in [-0.05, 0) is 51.3 Å². The third-order valence-corrected chi connectivity index (χ3v) is 5.03. The summed E-state index contributed by atoms with van der Waals surface area (Å²) >= 11 is 0. The largest absolute Gasteiger partial charge is 0.508 e. The van der Waals surface area contributed by atoms with Gasteiger partial charge in [-0.15, -0.1) is 0 Å². The average Bonchev–Trinajstić information content (AvgIpc) is 2.80. The minimum absolute atomic E-state index is 0.0583. The van der Waals surface area contributed by atoms with E-state index >= 15 is 0 Å². The van der Waals surface area contributed by atoms with Crippen molar-refractivity contribution in [2.75, 3.05) is 0 Å². The molecule has 35 heavy (non-hydrogen) atoms. The normalized spacial score (nSPS) is 14.1. The Labute approximate surface area is 206 Å². The molecule has 0 spiro atoms. The van der Waals surface area contributed by atoms with Gasteiger partial charge in [-0.2, -0.15) is 0 Å². The Hall–Kier alpha value is -3.14. The van der Waals surface area contributed by atoms with Crippen molar-refractivity contribution in [2.24, 2.45) is 5.73 Å². The lowest BCUT2D eigenvalue weighted by molar-refractivity contribution is -0.155. The van der Waals surface area contributed by atoms with Crippen molar-refractivity contribution >= 4 is 24.1 Å². The van der Waals surface area contributed by atoms with Crippen LogP contribution in [0.1, 0.15) is 72.8 Å². The smallest absolute Gasteiger partial charge is 0.458 e. The minimum Gasteiger partial charge on any atom is -0.458 e. The molecule has 10 nitrogen and oxygen atoms in total. The van der Waals surface area contributed by atoms with Crippen LogP contribution >= 0.6 is 0 Å². The van der Waals surface area contributed by atoms with Gasteiger partial charge in [0.05, 0.1) is 0 Å². The molecule has 10 heteroatoms. The molecule has 1 aromatic carbocycles. The zero-order chi connectivity index (χ0) is 26.5. The molecular weight excluding hydrogens is 458 g/mol. The number of carbonyl (C=O) groups is 4. The van der Waals surface area contributed by atoms with Gasteiger partial charge in [0.1, 0.15) is 24.4 Å². The summed E-state index contributed by atoms with van der Waals surface area (Å²) in [5, 5.41) is 0. The second-order valence-electron chi connectivity index (χ2n) is 8.18. The number of hydrogen-bond acceptors (Lipinski definition) is 10. The van der Waals surface area contributed by atoms with Crippen molar-refractivity contribution in [2.45, 2.75) is 98.0 Å². The summed E-state index contributed by atoms with van der Waals surface area (Å²) in [7, 11) is 0. The Kier molecular flexibility index (Phi) is 12.8. The van der Waals surface area contributed by atoms with Gasteiger partial charge in [0.2, 0.25) is 0 Å². The van der Waals surface area contributed by atoms with Crippen LogP contribution in [0.3, 0.4) is 0 Å². The van der Waals surface area contributed by atoms with Gasteiger partial charge >= 0.3 is 24.1 Å². The molecule has 0 saturated heterocycles. The highest BCUT2D eigenvalue weighted by Crippen LogP contribution is 2.30. The summed E-state index contributed by atoms with van der Waals surface area (Å²) in [6, 6.07) is 3.53. The van der Waals surface area contributed by atoms with Gasteiger partial charge in [-0.1, -0.05) is 33.3 Å². The molecule has 2 N–H and O–H groups in total. The Morgan fingerprint density at radius 2 is 1.40 bits per heavy atom. The van der Waals surface area contributed by atoms with Crippen LogP contribution < -0.4 is 15.2 Å². The summed E-state index contributed by atoms with van der Waals surface area (Å²) in [6.45, 7) is 10.2. The van der Waals surface area contributed by atoms with E-state index in [2.05, 4.69) is 0 Å². The fraction of sp³-hybridized carbons (Fsp3) is 0.600. The molecule has 0 amide bonds. The van der Waals surface area contributed by atoms with Crippen LogP contribution in [0, 0.1) is 0 Å². The van der Waals surface area contributed by atoms with Crippen molar-refractivity contribution in [3.8, 4) is 11.5 Å². The highest BCUT2D eigenvalue weighted by Gasteiger charge is 2.25. The molecule has 0 saturated carbocycles. The molecule has 1 rings (SSSR count). The van der Waals surface area contributed by atoms with Crippen LogP contribution in [-0.4, -0.2) is 48.4 Å². The number of ether oxygens (including phenoxy) is 5. The Bertz CT molecular complexity index is 870. The van der Waals surface area contributed by atoms with Crippen molar-refractivity contribution < 1.29 is 42.9 Å². The van der Waals surface area contributed by atoms with Crippen molar-refractivity contribution in [1.29, 1.82) is 0 Å². The van der Waals surface area contributed by atoms with Gasteiger partial charge in [-0.25, -0.2) is 4.79 Å². The van der Waals surface area contributed by atoms with Crippen molar-refractivity contribution in [3.05, 3.63) is 23.8 Å². The first kappa shape index (κ1) is 29.9. The SMILES string of the molecule is CCCC(C)OC(=O)O[C@@H](C)[C@H](C)OC(=O)[C@@H](N)Cc1ccc(OC(=O)CC)c(OC(=O)CC)c1. The summed E-state index contributed by atoms with van der Waals surface area (Å²) in [6.07, 6.45) is -0.700. The van der Waals surface area contributed by atoms with E-state index < -0.39 is 42.3 Å². The van der Waals surface area contributed by atoms with Gasteiger partial charge in [0.25, 0.3) is 0 Å². The lowest BCUT2D eigenvalue weighted by Crippen LogP contribution is -2.39. The third-order valence-electron chi connectivity index (χ3n) is 5.03. The first-order chi connectivity index (χ1) is 16.5. The fourth-order valence-corrected chi connectivity index (χ4v) is 2.84. The lowest BCUT2D eigenvalue weighted by Gasteiger charge is -2.23. The predicted molar refractivity (Wildman–Crippen MR) is 127 cm³/mol. The Morgan fingerprint density at radius 1 is 0.829 bits per heavy atom. The minimum atomic E-state index is -1.04. The van der Waals surface area contributed by atoms with E-state index in [1.165, 1.54) is 12.1 Å². The van der Waals surface area contributed by atoms with E-state index in [1.807, 2.05) is 6.92 Å². The van der Waals surface area contributed by atoms with E-state index in [1.54, 1.807) is 40.7 Å². The van der Waals surface area contributed by atoms with E-state index in [0.717, 1.165) is 6.42 Å². The highest BCUT2D eigenvalue weighted by atomic mass is 16.7. The summed E-state index contributed by atoms with van der Waals surface area (Å²) in [4.78, 5) is 47.8. The first-order valence-corrected chi connectivity index (χ1v) is 11.9. The molecule has 0 aliphatic rings. The molecule has 0 aromatic heterocycles. The molecule has 1 unspecified atom stereocenters. The van der Waals surface area contributed by atoms with E-state index in [0.29, 0.717) is 12.0 Å². The van der Waals surface area contributed by atoms with Crippen LogP contribution in [0.15, 0.2) is 18.2 Å². The molecule has 1 aromatic rings. The molecule has 4 atom stereocenters. The molecule has 196 valence electrons. The van der Waals surface area contributed by atoms with Crippen LogP contribution in [0.25, 0.3) is 0 Å². The highest BCUT2D eigenvalue weighted by molar-refractivity contribution is 5.77. The molecular formula is C25H37NO9.